The summed E-state index contributed by atoms with van der Waals surface area (Å²) in [7, 11) is 0. The fourth-order valence-corrected chi connectivity index (χ4v) is 3.35. The van der Waals surface area contributed by atoms with Crippen LogP contribution in [-0.4, -0.2) is 59.4 Å². The smallest absolute Gasteiger partial charge is 0.410 e. The van der Waals surface area contributed by atoms with E-state index in [0.717, 1.165) is 0 Å². The first-order chi connectivity index (χ1) is 11.0. The van der Waals surface area contributed by atoms with Gasteiger partial charge in [0, 0.05) is 19.4 Å². The van der Waals surface area contributed by atoms with E-state index in [1.807, 2.05) is 0 Å². The molecule has 1 aliphatic heterocycles. The Hall–Kier alpha value is -1.44. The summed E-state index contributed by atoms with van der Waals surface area (Å²) in [6.07, 6.45) is -2.02. The lowest BCUT2D eigenvalue weighted by Crippen LogP contribution is -2.61. The van der Waals surface area contributed by atoms with Gasteiger partial charge >= 0.3 is 12.1 Å². The second-order valence-electron chi connectivity index (χ2n) is 7.58. The van der Waals surface area contributed by atoms with Crippen LogP contribution in [-0.2, 0) is 14.3 Å². The SMILES string of the molecule is CC(C)(C)OC(=O)N1CCOCC1C1(C(=O)O)CCC(F)(F)CC1. The number of carbonyl (C=O) groups is 2. The van der Waals surface area contributed by atoms with Gasteiger partial charge in [0.15, 0.2) is 0 Å². The van der Waals surface area contributed by atoms with Crippen LogP contribution in [0.25, 0.3) is 0 Å². The van der Waals surface area contributed by atoms with Gasteiger partial charge in [0.05, 0.1) is 24.7 Å². The van der Waals surface area contributed by atoms with Gasteiger partial charge in [-0.2, -0.15) is 0 Å². The monoisotopic (exact) mass is 349 g/mol. The summed E-state index contributed by atoms with van der Waals surface area (Å²) < 4.78 is 37.8. The minimum atomic E-state index is -2.86. The van der Waals surface area contributed by atoms with Crippen molar-refractivity contribution in [3.8, 4) is 0 Å². The number of carboxylic acid groups (broad SMARTS) is 1. The molecule has 8 heteroatoms. The van der Waals surface area contributed by atoms with Crippen molar-refractivity contribution in [1.29, 1.82) is 0 Å². The summed E-state index contributed by atoms with van der Waals surface area (Å²) in [6.45, 7) is 5.61. The van der Waals surface area contributed by atoms with Crippen molar-refractivity contribution >= 4 is 12.1 Å². The topological polar surface area (TPSA) is 76.1 Å². The van der Waals surface area contributed by atoms with Crippen LogP contribution in [0, 0.1) is 5.41 Å². The molecule has 1 unspecified atom stereocenters. The van der Waals surface area contributed by atoms with E-state index in [2.05, 4.69) is 0 Å². The third-order valence-corrected chi connectivity index (χ3v) is 4.69. The Morgan fingerprint density at radius 3 is 2.29 bits per heavy atom. The number of rotatable bonds is 2. The number of hydrogen-bond donors (Lipinski definition) is 1. The lowest BCUT2D eigenvalue weighted by Gasteiger charge is -2.48. The number of morpholine rings is 1. The Bertz CT molecular complexity index is 493. The van der Waals surface area contributed by atoms with Gasteiger partial charge in [-0.05, 0) is 33.6 Å². The lowest BCUT2D eigenvalue weighted by molar-refractivity contribution is -0.170. The minimum absolute atomic E-state index is 0.0110. The summed E-state index contributed by atoms with van der Waals surface area (Å²) in [5.41, 5.74) is -2.16. The van der Waals surface area contributed by atoms with Crippen LogP contribution >= 0.6 is 0 Å². The molecule has 1 amide bonds. The van der Waals surface area contributed by atoms with E-state index in [4.69, 9.17) is 9.47 Å². The molecule has 6 nitrogen and oxygen atoms in total. The fraction of sp³-hybridized carbons (Fsp3) is 0.875. The normalized spacial score (nSPS) is 26.7. The van der Waals surface area contributed by atoms with Crippen LogP contribution in [0.2, 0.25) is 0 Å². The van der Waals surface area contributed by atoms with Crippen molar-refractivity contribution in [1.82, 2.24) is 4.90 Å². The number of nitrogens with zero attached hydrogens (tertiary/aromatic N) is 1. The van der Waals surface area contributed by atoms with E-state index in [1.54, 1.807) is 20.8 Å². The summed E-state index contributed by atoms with van der Waals surface area (Å²) >= 11 is 0. The third-order valence-electron chi connectivity index (χ3n) is 4.69. The number of amides is 1. The second kappa shape index (κ2) is 6.46. The maximum absolute atomic E-state index is 13.5. The highest BCUT2D eigenvalue weighted by atomic mass is 19.3. The van der Waals surface area contributed by atoms with Gasteiger partial charge in [-0.25, -0.2) is 13.6 Å². The molecular formula is C16H25F2NO5. The van der Waals surface area contributed by atoms with Crippen molar-refractivity contribution in [3.63, 3.8) is 0 Å². The Morgan fingerprint density at radius 1 is 1.21 bits per heavy atom. The number of aliphatic carboxylic acids is 1. The van der Waals surface area contributed by atoms with Crippen LogP contribution in [0.4, 0.5) is 13.6 Å². The Balaban J connectivity index is 2.26. The summed E-state index contributed by atoms with van der Waals surface area (Å²) in [5.74, 6) is -4.02. The van der Waals surface area contributed by atoms with E-state index < -0.39 is 47.9 Å². The minimum Gasteiger partial charge on any atom is -0.481 e. The maximum Gasteiger partial charge on any atom is 0.410 e. The van der Waals surface area contributed by atoms with E-state index >= 15 is 0 Å². The number of alkyl halides is 2. The Kier molecular flexibility index (Phi) is 5.09. The summed E-state index contributed by atoms with van der Waals surface area (Å²) in [4.78, 5) is 25.8. The Morgan fingerprint density at radius 2 is 1.79 bits per heavy atom. The molecule has 1 heterocycles. The first-order valence-electron chi connectivity index (χ1n) is 8.15. The van der Waals surface area contributed by atoms with E-state index in [9.17, 15) is 23.5 Å². The van der Waals surface area contributed by atoms with Crippen molar-refractivity contribution in [2.75, 3.05) is 19.8 Å². The predicted molar refractivity (Wildman–Crippen MR) is 81.0 cm³/mol. The number of carbonyl (C=O) groups excluding carboxylic acids is 1. The fourth-order valence-electron chi connectivity index (χ4n) is 3.35. The molecule has 0 spiro atoms. The molecule has 1 saturated carbocycles. The van der Waals surface area contributed by atoms with E-state index in [1.165, 1.54) is 4.90 Å². The molecule has 0 aromatic rings. The average molecular weight is 349 g/mol. The van der Waals surface area contributed by atoms with Gasteiger partial charge in [-0.15, -0.1) is 0 Å². The third kappa shape index (κ3) is 3.96. The van der Waals surface area contributed by atoms with Crippen molar-refractivity contribution < 1.29 is 33.0 Å². The highest BCUT2D eigenvalue weighted by molar-refractivity contribution is 5.78. The molecule has 24 heavy (non-hydrogen) atoms. The standard InChI is InChI=1S/C16H25F2NO5/c1-14(2,3)24-13(22)19-8-9-23-10-11(19)15(12(20)21)4-6-16(17,18)7-5-15/h11H,4-10H2,1-3H3,(H,20,21). The van der Waals surface area contributed by atoms with Crippen LogP contribution in [0.3, 0.4) is 0 Å². The molecule has 2 fully saturated rings. The second-order valence-corrected chi connectivity index (χ2v) is 7.58. The van der Waals surface area contributed by atoms with Crippen molar-refractivity contribution in [3.05, 3.63) is 0 Å². The number of hydrogen-bond acceptors (Lipinski definition) is 4. The first kappa shape index (κ1) is 18.9. The molecule has 0 aromatic carbocycles. The van der Waals surface area contributed by atoms with Crippen LogP contribution in [0.15, 0.2) is 0 Å². The van der Waals surface area contributed by atoms with Gasteiger partial charge in [0.1, 0.15) is 5.60 Å². The van der Waals surface area contributed by atoms with Gasteiger partial charge < -0.3 is 14.6 Å². The highest BCUT2D eigenvalue weighted by Gasteiger charge is 2.56. The number of carboxylic acids is 1. The molecule has 0 aromatic heterocycles. The van der Waals surface area contributed by atoms with Gasteiger partial charge in [-0.1, -0.05) is 0 Å². The molecule has 2 rings (SSSR count). The lowest BCUT2D eigenvalue weighted by atomic mass is 9.67. The zero-order valence-corrected chi connectivity index (χ0v) is 14.3. The molecule has 1 aliphatic carbocycles. The predicted octanol–water partition coefficient (Wildman–Crippen LogP) is 2.90. The van der Waals surface area contributed by atoms with Gasteiger partial charge in [0.2, 0.25) is 5.92 Å². The number of ether oxygens (including phenoxy) is 2. The zero-order chi connectivity index (χ0) is 18.2. The van der Waals surface area contributed by atoms with Gasteiger partial charge in [-0.3, -0.25) is 9.69 Å². The average Bonchev–Trinajstić information content (AvgIpc) is 2.45. The molecule has 2 aliphatic rings. The molecule has 138 valence electrons. The number of halogens is 2. The molecule has 1 saturated heterocycles. The Labute approximate surface area is 140 Å². The van der Waals surface area contributed by atoms with Crippen LogP contribution in [0.1, 0.15) is 46.5 Å². The summed E-state index contributed by atoms with van der Waals surface area (Å²) in [6, 6.07) is -0.810. The largest absolute Gasteiger partial charge is 0.481 e. The molecule has 1 atom stereocenters. The molecule has 0 bridgehead atoms. The molecule has 1 N–H and O–H groups in total. The van der Waals surface area contributed by atoms with Crippen LogP contribution in [0.5, 0.6) is 0 Å². The first-order valence-corrected chi connectivity index (χ1v) is 8.15. The molecular weight excluding hydrogens is 324 g/mol. The molecule has 0 radical (unpaired) electrons. The van der Waals surface area contributed by atoms with Crippen molar-refractivity contribution in [2.45, 2.75) is 64.0 Å². The van der Waals surface area contributed by atoms with E-state index in [-0.39, 0.29) is 32.6 Å². The van der Waals surface area contributed by atoms with Gasteiger partial charge in [0.25, 0.3) is 0 Å². The zero-order valence-electron chi connectivity index (χ0n) is 14.3. The van der Waals surface area contributed by atoms with Crippen molar-refractivity contribution in [2.24, 2.45) is 5.41 Å². The maximum atomic E-state index is 13.5. The van der Waals surface area contributed by atoms with Crippen LogP contribution < -0.4 is 0 Å². The van der Waals surface area contributed by atoms with E-state index in [0.29, 0.717) is 0 Å². The quantitative estimate of drug-likeness (QED) is 0.829. The highest BCUT2D eigenvalue weighted by Crippen LogP contribution is 2.47. The summed E-state index contributed by atoms with van der Waals surface area (Å²) in [5, 5.41) is 9.76.